The number of rotatable bonds is 2. The molecule has 2 amide bonds. The molecule has 1 saturated heterocycles. The molecule has 0 aromatic heterocycles. The molecule has 3 nitrogen and oxygen atoms in total. The van der Waals surface area contributed by atoms with Crippen molar-refractivity contribution in [1.29, 1.82) is 0 Å². The summed E-state index contributed by atoms with van der Waals surface area (Å²) in [5.41, 5.74) is 0.660. The van der Waals surface area contributed by atoms with Gasteiger partial charge in [0.2, 0.25) is 5.91 Å². The van der Waals surface area contributed by atoms with Crippen LogP contribution in [0.5, 0.6) is 0 Å². The number of imide groups is 1. The van der Waals surface area contributed by atoms with Crippen molar-refractivity contribution >= 4 is 22.9 Å². The monoisotopic (exact) mass is 309 g/mol. The van der Waals surface area contributed by atoms with E-state index in [0.717, 1.165) is 17.3 Å². The number of carbonyl (C=O) groups excluding carboxylic acids is 2. The van der Waals surface area contributed by atoms with Crippen molar-refractivity contribution in [3.8, 4) is 0 Å². The predicted octanol–water partition coefficient (Wildman–Crippen LogP) is 4.71. The molecule has 21 heavy (non-hydrogen) atoms. The molecule has 1 heterocycles. The largest absolute Gasteiger partial charge is 0.289 e. The highest BCUT2D eigenvalue weighted by Gasteiger charge is 2.57. The maximum Gasteiger partial charge on any atom is 0.289 e. The average molecular weight is 309 g/mol. The summed E-state index contributed by atoms with van der Waals surface area (Å²) < 4.78 is -0.750. The topological polar surface area (TPSA) is 37.4 Å². The van der Waals surface area contributed by atoms with Crippen molar-refractivity contribution in [2.24, 2.45) is 0 Å². The molecule has 0 N–H and O–H groups in total. The van der Waals surface area contributed by atoms with Crippen molar-refractivity contribution in [2.75, 3.05) is 7.05 Å². The van der Waals surface area contributed by atoms with Gasteiger partial charge in [0.05, 0.1) is 0 Å². The molecule has 0 bridgehead atoms. The Morgan fingerprint density at radius 2 is 1.57 bits per heavy atom. The third-order valence-corrected chi connectivity index (χ3v) is 5.51. The molecular formula is C17H27NO2S. The summed E-state index contributed by atoms with van der Waals surface area (Å²) in [5.74, 6) is -0.119. The van der Waals surface area contributed by atoms with Crippen LogP contribution in [0.4, 0.5) is 4.79 Å². The first kappa shape index (κ1) is 19.7. The fraction of sp³-hybridized carbons (Fsp3) is 0.529. The maximum atomic E-state index is 12.3. The predicted molar refractivity (Wildman–Crippen MR) is 91.7 cm³/mol. The Balaban J connectivity index is 0.00000128. The van der Waals surface area contributed by atoms with Gasteiger partial charge < -0.3 is 0 Å². The fourth-order valence-electron chi connectivity index (χ4n) is 2.21. The molecule has 2 rings (SSSR count). The van der Waals surface area contributed by atoms with E-state index < -0.39 is 10.2 Å². The van der Waals surface area contributed by atoms with Gasteiger partial charge >= 0.3 is 0 Å². The molecule has 0 aliphatic carbocycles. The molecule has 1 aromatic carbocycles. The number of benzene rings is 1. The van der Waals surface area contributed by atoms with Crippen molar-refractivity contribution in [1.82, 2.24) is 4.90 Å². The van der Waals surface area contributed by atoms with E-state index in [0.29, 0.717) is 0 Å². The molecular weight excluding hydrogens is 282 g/mol. The van der Waals surface area contributed by atoms with Crippen molar-refractivity contribution in [3.63, 3.8) is 0 Å². The Kier molecular flexibility index (Phi) is 6.68. The second-order valence-electron chi connectivity index (χ2n) is 5.26. The third-order valence-electron chi connectivity index (χ3n) is 3.97. The molecule has 1 aliphatic heterocycles. The van der Waals surface area contributed by atoms with E-state index in [2.05, 4.69) is 0 Å². The van der Waals surface area contributed by atoms with Crippen LogP contribution in [-0.2, 0) is 10.2 Å². The SMILES string of the molecule is C.CC.CN1C(=O)SC(C)(C(C)(C)c2ccccc2)C1=O. The number of thioether (sulfide) groups is 1. The lowest BCUT2D eigenvalue weighted by Crippen LogP contribution is -2.49. The van der Waals surface area contributed by atoms with E-state index in [9.17, 15) is 9.59 Å². The number of hydrogen-bond donors (Lipinski definition) is 0. The van der Waals surface area contributed by atoms with Crippen LogP contribution < -0.4 is 0 Å². The van der Waals surface area contributed by atoms with Gasteiger partial charge in [0.15, 0.2) is 0 Å². The van der Waals surface area contributed by atoms with Gasteiger partial charge in [0.1, 0.15) is 4.75 Å². The number of hydrogen-bond acceptors (Lipinski definition) is 3. The number of nitrogens with zero attached hydrogens (tertiary/aromatic N) is 1. The lowest BCUT2D eigenvalue weighted by molar-refractivity contribution is -0.129. The molecule has 118 valence electrons. The third kappa shape index (κ3) is 3.15. The molecule has 0 spiro atoms. The summed E-state index contributed by atoms with van der Waals surface area (Å²) in [6.07, 6.45) is 0. The number of amides is 2. The highest BCUT2D eigenvalue weighted by molar-refractivity contribution is 8.16. The Labute approximate surface area is 133 Å². The van der Waals surface area contributed by atoms with E-state index >= 15 is 0 Å². The van der Waals surface area contributed by atoms with Gasteiger partial charge in [-0.1, -0.05) is 65.5 Å². The Bertz CT molecular complexity index is 499. The Hall–Kier alpha value is -1.29. The average Bonchev–Trinajstić information content (AvgIpc) is 2.67. The van der Waals surface area contributed by atoms with Gasteiger partial charge in [-0.3, -0.25) is 14.5 Å². The Morgan fingerprint density at radius 1 is 1.10 bits per heavy atom. The van der Waals surface area contributed by atoms with Crippen LogP contribution in [0, 0.1) is 0 Å². The standard InChI is InChI=1S/C14H17NO2S.C2H6.CH4/c1-13(2,10-8-6-5-7-9-10)14(3)11(16)15(4)12(17)18-14;1-2;/h5-9H,1-4H3;1-2H3;1H4. The van der Waals surface area contributed by atoms with Crippen LogP contribution in [0.2, 0.25) is 0 Å². The van der Waals surface area contributed by atoms with Gasteiger partial charge in [-0.25, -0.2) is 0 Å². The van der Waals surface area contributed by atoms with Gasteiger partial charge in [-0.15, -0.1) is 0 Å². The fourth-order valence-corrected chi connectivity index (χ4v) is 3.38. The molecule has 4 heteroatoms. The first-order valence-electron chi connectivity index (χ1n) is 6.87. The summed E-state index contributed by atoms with van der Waals surface area (Å²) in [4.78, 5) is 25.3. The van der Waals surface area contributed by atoms with Gasteiger partial charge in [-0.2, -0.15) is 0 Å². The minimum absolute atomic E-state index is 0. The normalized spacial score (nSPS) is 21.5. The smallest absolute Gasteiger partial charge is 0.275 e. The van der Waals surface area contributed by atoms with Crippen LogP contribution in [0.1, 0.15) is 47.6 Å². The zero-order valence-electron chi connectivity index (χ0n) is 13.1. The minimum atomic E-state index is -0.750. The quantitative estimate of drug-likeness (QED) is 0.794. The lowest BCUT2D eigenvalue weighted by atomic mass is 9.73. The van der Waals surface area contributed by atoms with Crippen molar-refractivity contribution < 1.29 is 9.59 Å². The summed E-state index contributed by atoms with van der Waals surface area (Å²) >= 11 is 1.12. The number of carbonyl (C=O) groups is 2. The first-order chi connectivity index (χ1) is 9.30. The molecule has 1 aromatic rings. The maximum absolute atomic E-state index is 12.3. The first-order valence-corrected chi connectivity index (χ1v) is 7.69. The lowest BCUT2D eigenvalue weighted by Gasteiger charge is -2.38. The second-order valence-corrected chi connectivity index (χ2v) is 6.63. The summed E-state index contributed by atoms with van der Waals surface area (Å²) in [5, 5.41) is -0.175. The van der Waals surface area contributed by atoms with Crippen LogP contribution in [0.3, 0.4) is 0 Å². The second kappa shape index (κ2) is 7.12. The summed E-state index contributed by atoms with van der Waals surface area (Å²) in [6, 6.07) is 9.86. The van der Waals surface area contributed by atoms with E-state index in [1.165, 1.54) is 4.90 Å². The van der Waals surface area contributed by atoms with Crippen molar-refractivity contribution in [2.45, 2.75) is 52.2 Å². The van der Waals surface area contributed by atoms with Crippen molar-refractivity contribution in [3.05, 3.63) is 35.9 Å². The van der Waals surface area contributed by atoms with Crippen LogP contribution in [-0.4, -0.2) is 27.8 Å². The van der Waals surface area contributed by atoms with E-state index in [1.54, 1.807) is 7.05 Å². The highest BCUT2D eigenvalue weighted by atomic mass is 32.2. The summed E-state index contributed by atoms with van der Waals surface area (Å²) in [7, 11) is 1.55. The van der Waals surface area contributed by atoms with E-state index in [-0.39, 0.29) is 18.6 Å². The van der Waals surface area contributed by atoms with Gasteiger partial charge in [-0.05, 0) is 24.2 Å². The zero-order valence-corrected chi connectivity index (χ0v) is 13.9. The Morgan fingerprint density at radius 3 is 1.95 bits per heavy atom. The molecule has 0 saturated carbocycles. The van der Waals surface area contributed by atoms with E-state index in [4.69, 9.17) is 0 Å². The molecule has 0 radical (unpaired) electrons. The van der Waals surface area contributed by atoms with E-state index in [1.807, 2.05) is 65.0 Å². The zero-order chi connectivity index (χ0) is 15.6. The van der Waals surface area contributed by atoms with Gasteiger partial charge in [0, 0.05) is 12.5 Å². The molecule has 1 fully saturated rings. The highest BCUT2D eigenvalue weighted by Crippen LogP contribution is 2.49. The molecule has 1 unspecified atom stereocenters. The van der Waals surface area contributed by atoms with Crippen LogP contribution in [0.15, 0.2) is 30.3 Å². The molecule has 1 aliphatic rings. The minimum Gasteiger partial charge on any atom is -0.275 e. The van der Waals surface area contributed by atoms with Gasteiger partial charge in [0.25, 0.3) is 5.24 Å². The summed E-state index contributed by atoms with van der Waals surface area (Å²) in [6.45, 7) is 9.88. The molecule has 1 atom stereocenters. The van der Waals surface area contributed by atoms with Crippen LogP contribution in [0.25, 0.3) is 0 Å². The van der Waals surface area contributed by atoms with Crippen LogP contribution >= 0.6 is 11.8 Å².